The number of rotatable bonds is 8. The molecule has 0 N–H and O–H groups in total. The van der Waals surface area contributed by atoms with Crippen molar-refractivity contribution < 1.29 is 0 Å². The van der Waals surface area contributed by atoms with Crippen molar-refractivity contribution in [1.29, 1.82) is 0 Å². The van der Waals surface area contributed by atoms with E-state index in [1.54, 1.807) is 0 Å². The summed E-state index contributed by atoms with van der Waals surface area (Å²) in [5.41, 5.74) is 0. The van der Waals surface area contributed by atoms with Crippen LogP contribution >= 0.6 is 23.2 Å². The molecule has 102 valence electrons. The van der Waals surface area contributed by atoms with E-state index in [0.29, 0.717) is 5.92 Å². The van der Waals surface area contributed by atoms with Crippen molar-refractivity contribution in [2.75, 3.05) is 0 Å². The van der Waals surface area contributed by atoms with Gasteiger partial charge in [-0.05, 0) is 36.0 Å². The standard InChI is InChI=1S/C13H21Cl2N3/c1-3-5-6-7-8-9-10(4-2)11-16-12(14)18-13(15)17-11/h10H,3-9H2,1-2H3. The first-order chi connectivity index (χ1) is 8.67. The highest BCUT2D eigenvalue weighted by Crippen LogP contribution is 2.24. The fourth-order valence-electron chi connectivity index (χ4n) is 2.03. The summed E-state index contributed by atoms with van der Waals surface area (Å²) in [5.74, 6) is 1.07. The van der Waals surface area contributed by atoms with Gasteiger partial charge in [-0.2, -0.15) is 4.98 Å². The molecule has 0 aliphatic heterocycles. The molecule has 0 aliphatic rings. The lowest BCUT2D eigenvalue weighted by Crippen LogP contribution is -2.05. The van der Waals surface area contributed by atoms with E-state index in [2.05, 4.69) is 28.8 Å². The third kappa shape index (κ3) is 5.49. The zero-order valence-electron chi connectivity index (χ0n) is 11.1. The normalized spacial score (nSPS) is 12.7. The molecule has 1 aromatic heterocycles. The topological polar surface area (TPSA) is 38.7 Å². The van der Waals surface area contributed by atoms with Crippen LogP contribution in [0.4, 0.5) is 0 Å². The van der Waals surface area contributed by atoms with Crippen LogP contribution < -0.4 is 0 Å². The molecule has 0 aliphatic carbocycles. The van der Waals surface area contributed by atoms with Crippen molar-refractivity contribution in [3.63, 3.8) is 0 Å². The molecule has 0 spiro atoms. The van der Waals surface area contributed by atoms with Crippen LogP contribution in [0.2, 0.25) is 10.6 Å². The van der Waals surface area contributed by atoms with Crippen LogP contribution in [0.25, 0.3) is 0 Å². The monoisotopic (exact) mass is 289 g/mol. The van der Waals surface area contributed by atoms with E-state index in [4.69, 9.17) is 23.2 Å². The summed E-state index contributed by atoms with van der Waals surface area (Å²) >= 11 is 11.6. The molecule has 0 saturated heterocycles. The van der Waals surface area contributed by atoms with E-state index in [0.717, 1.165) is 18.7 Å². The number of nitrogens with zero attached hydrogens (tertiary/aromatic N) is 3. The van der Waals surface area contributed by atoms with E-state index in [1.807, 2.05) is 0 Å². The van der Waals surface area contributed by atoms with Crippen LogP contribution in [0.5, 0.6) is 0 Å². The fraction of sp³-hybridized carbons (Fsp3) is 0.769. The van der Waals surface area contributed by atoms with Gasteiger partial charge >= 0.3 is 0 Å². The average molecular weight is 290 g/mol. The fourth-order valence-corrected chi connectivity index (χ4v) is 2.41. The summed E-state index contributed by atoms with van der Waals surface area (Å²) < 4.78 is 0. The molecule has 1 heterocycles. The number of aromatic nitrogens is 3. The zero-order chi connectivity index (χ0) is 13.4. The minimum atomic E-state index is 0.189. The molecular weight excluding hydrogens is 269 g/mol. The minimum absolute atomic E-state index is 0.189. The van der Waals surface area contributed by atoms with Gasteiger partial charge < -0.3 is 0 Å². The van der Waals surface area contributed by atoms with Gasteiger partial charge in [-0.3, -0.25) is 0 Å². The van der Waals surface area contributed by atoms with Crippen LogP contribution in [-0.2, 0) is 0 Å². The van der Waals surface area contributed by atoms with E-state index in [1.165, 1.54) is 32.1 Å². The number of hydrogen-bond donors (Lipinski definition) is 0. The average Bonchev–Trinajstić information content (AvgIpc) is 2.32. The van der Waals surface area contributed by atoms with Gasteiger partial charge in [0.2, 0.25) is 10.6 Å². The second-order valence-electron chi connectivity index (χ2n) is 4.54. The van der Waals surface area contributed by atoms with E-state index in [9.17, 15) is 0 Å². The van der Waals surface area contributed by atoms with Crippen molar-refractivity contribution in [2.45, 2.75) is 64.7 Å². The van der Waals surface area contributed by atoms with Crippen molar-refractivity contribution in [3.8, 4) is 0 Å². The third-order valence-corrected chi connectivity index (χ3v) is 3.45. The molecule has 1 unspecified atom stereocenters. The highest BCUT2D eigenvalue weighted by atomic mass is 35.5. The van der Waals surface area contributed by atoms with Gasteiger partial charge in [0.1, 0.15) is 5.82 Å². The molecule has 5 heteroatoms. The van der Waals surface area contributed by atoms with E-state index in [-0.39, 0.29) is 10.6 Å². The Balaban J connectivity index is 2.49. The largest absolute Gasteiger partial charge is 0.226 e. The van der Waals surface area contributed by atoms with Crippen LogP contribution in [0.3, 0.4) is 0 Å². The van der Waals surface area contributed by atoms with Crippen LogP contribution in [0, 0.1) is 0 Å². The molecule has 3 nitrogen and oxygen atoms in total. The lowest BCUT2D eigenvalue weighted by molar-refractivity contribution is 0.515. The Hall–Kier alpha value is -0.410. The van der Waals surface area contributed by atoms with Gasteiger partial charge in [-0.25, -0.2) is 9.97 Å². The maximum atomic E-state index is 5.81. The van der Waals surface area contributed by atoms with Gasteiger partial charge in [-0.1, -0.05) is 46.0 Å². The number of unbranched alkanes of at least 4 members (excludes halogenated alkanes) is 4. The van der Waals surface area contributed by atoms with Gasteiger partial charge in [0.15, 0.2) is 0 Å². The lowest BCUT2D eigenvalue weighted by Gasteiger charge is -2.13. The number of hydrogen-bond acceptors (Lipinski definition) is 3. The second-order valence-corrected chi connectivity index (χ2v) is 5.22. The van der Waals surface area contributed by atoms with Gasteiger partial charge in [0, 0.05) is 5.92 Å². The smallest absolute Gasteiger partial charge is 0.202 e. The molecule has 0 fully saturated rings. The summed E-state index contributed by atoms with van der Waals surface area (Å²) in [6.45, 7) is 4.37. The van der Waals surface area contributed by atoms with Crippen LogP contribution in [0.1, 0.15) is 70.5 Å². The first kappa shape index (κ1) is 15.6. The molecule has 0 amide bonds. The highest BCUT2D eigenvalue weighted by Gasteiger charge is 2.14. The zero-order valence-corrected chi connectivity index (χ0v) is 12.6. The maximum Gasteiger partial charge on any atom is 0.226 e. The molecule has 18 heavy (non-hydrogen) atoms. The number of halogens is 2. The summed E-state index contributed by atoms with van der Waals surface area (Å²) in [6, 6.07) is 0. The second kappa shape index (κ2) is 8.65. The first-order valence-corrected chi connectivity index (χ1v) is 7.49. The van der Waals surface area contributed by atoms with Crippen LogP contribution in [-0.4, -0.2) is 15.0 Å². The molecular formula is C13H21Cl2N3. The SMILES string of the molecule is CCCCCCCC(CC)c1nc(Cl)nc(Cl)n1. The van der Waals surface area contributed by atoms with Gasteiger partial charge in [0.05, 0.1) is 0 Å². The molecule has 1 rings (SSSR count). The van der Waals surface area contributed by atoms with E-state index < -0.39 is 0 Å². The Kier molecular flexibility index (Phi) is 7.52. The minimum Gasteiger partial charge on any atom is -0.202 e. The summed E-state index contributed by atoms with van der Waals surface area (Å²) in [6.07, 6.45) is 8.49. The quantitative estimate of drug-likeness (QED) is 0.630. The highest BCUT2D eigenvalue weighted by molar-refractivity contribution is 6.31. The van der Waals surface area contributed by atoms with Gasteiger partial charge in [0.25, 0.3) is 0 Å². The predicted octanol–water partition coefficient (Wildman–Crippen LogP) is 5.03. The Morgan fingerprint density at radius 2 is 1.50 bits per heavy atom. The predicted molar refractivity (Wildman–Crippen MR) is 76.3 cm³/mol. The Bertz CT molecular complexity index is 338. The Morgan fingerprint density at radius 1 is 0.889 bits per heavy atom. The first-order valence-electron chi connectivity index (χ1n) is 6.74. The molecule has 0 aromatic carbocycles. The van der Waals surface area contributed by atoms with Crippen molar-refractivity contribution >= 4 is 23.2 Å². The Morgan fingerprint density at radius 3 is 2.06 bits per heavy atom. The van der Waals surface area contributed by atoms with Crippen molar-refractivity contribution in [1.82, 2.24) is 15.0 Å². The van der Waals surface area contributed by atoms with E-state index >= 15 is 0 Å². The Labute approximate surface area is 119 Å². The maximum absolute atomic E-state index is 5.81. The van der Waals surface area contributed by atoms with Crippen molar-refractivity contribution in [2.24, 2.45) is 0 Å². The molecule has 0 radical (unpaired) electrons. The third-order valence-electron chi connectivity index (χ3n) is 3.11. The van der Waals surface area contributed by atoms with Crippen LogP contribution in [0.15, 0.2) is 0 Å². The molecule has 0 saturated carbocycles. The van der Waals surface area contributed by atoms with Crippen molar-refractivity contribution in [3.05, 3.63) is 16.4 Å². The lowest BCUT2D eigenvalue weighted by atomic mass is 9.97. The molecule has 1 atom stereocenters. The summed E-state index contributed by atoms with van der Waals surface area (Å²) in [4.78, 5) is 12.1. The summed E-state index contributed by atoms with van der Waals surface area (Å²) in [7, 11) is 0. The molecule has 0 bridgehead atoms. The summed E-state index contributed by atoms with van der Waals surface area (Å²) in [5, 5.41) is 0.379. The molecule has 1 aromatic rings. The van der Waals surface area contributed by atoms with Gasteiger partial charge in [-0.15, -0.1) is 0 Å².